The van der Waals surface area contributed by atoms with Crippen LogP contribution in [0.15, 0.2) is 22.6 Å². The minimum absolute atomic E-state index is 0.174. The summed E-state index contributed by atoms with van der Waals surface area (Å²) in [7, 11) is 0. The molecule has 0 saturated heterocycles. The van der Waals surface area contributed by atoms with Gasteiger partial charge in [0.2, 0.25) is 0 Å². The molecule has 1 unspecified atom stereocenters. The predicted molar refractivity (Wildman–Crippen MR) is 68.3 cm³/mol. The van der Waals surface area contributed by atoms with Gasteiger partial charge in [0.15, 0.2) is 0 Å². The average molecular weight is 306 g/mol. The molecule has 1 nitrogen and oxygen atoms in total. The van der Waals surface area contributed by atoms with Gasteiger partial charge in [0.25, 0.3) is 0 Å². The first-order valence-electron chi connectivity index (χ1n) is 4.54. The molecule has 4 heteroatoms. The highest BCUT2D eigenvalue weighted by atomic mass is 79.9. The van der Waals surface area contributed by atoms with Crippen molar-refractivity contribution in [3.63, 3.8) is 0 Å². The first-order chi connectivity index (χ1) is 7.08. The SMILES string of the molecule is Cc1cc(C(Br)c2ccc(Cl)s2)c(C)o1. The van der Waals surface area contributed by atoms with Gasteiger partial charge in [-0.2, -0.15) is 0 Å². The van der Waals surface area contributed by atoms with E-state index < -0.39 is 0 Å². The van der Waals surface area contributed by atoms with Crippen molar-refractivity contribution in [2.24, 2.45) is 0 Å². The Morgan fingerprint density at radius 1 is 1.40 bits per heavy atom. The molecule has 0 aromatic carbocycles. The second kappa shape index (κ2) is 4.32. The first kappa shape index (κ1) is 11.2. The van der Waals surface area contributed by atoms with Crippen LogP contribution in [-0.2, 0) is 0 Å². The second-order valence-electron chi connectivity index (χ2n) is 3.37. The van der Waals surface area contributed by atoms with Crippen molar-refractivity contribution in [3.05, 3.63) is 44.5 Å². The number of thiophene rings is 1. The Morgan fingerprint density at radius 3 is 2.60 bits per heavy atom. The summed E-state index contributed by atoms with van der Waals surface area (Å²) in [6, 6.07) is 6.01. The predicted octanol–water partition coefficient (Wildman–Crippen LogP) is 5.10. The van der Waals surface area contributed by atoms with Crippen LogP contribution in [-0.4, -0.2) is 0 Å². The fourth-order valence-electron chi connectivity index (χ4n) is 1.52. The van der Waals surface area contributed by atoms with Gasteiger partial charge in [-0.3, -0.25) is 0 Å². The lowest BCUT2D eigenvalue weighted by molar-refractivity contribution is 0.502. The zero-order chi connectivity index (χ0) is 11.0. The normalized spacial score (nSPS) is 13.1. The lowest BCUT2D eigenvalue weighted by Crippen LogP contribution is -1.88. The van der Waals surface area contributed by atoms with Gasteiger partial charge in [0, 0.05) is 10.4 Å². The molecule has 0 fully saturated rings. The third-order valence-electron chi connectivity index (χ3n) is 2.20. The molecular weight excluding hydrogens is 296 g/mol. The van der Waals surface area contributed by atoms with E-state index in [0.717, 1.165) is 15.9 Å². The van der Waals surface area contributed by atoms with Gasteiger partial charge < -0.3 is 4.42 Å². The summed E-state index contributed by atoms with van der Waals surface area (Å²) in [5, 5.41) is 0. The zero-order valence-electron chi connectivity index (χ0n) is 8.38. The lowest BCUT2D eigenvalue weighted by atomic mass is 10.1. The Labute approximate surface area is 106 Å². The minimum Gasteiger partial charge on any atom is -0.466 e. The minimum atomic E-state index is 0.174. The third-order valence-corrected chi connectivity index (χ3v) is 4.78. The molecule has 0 radical (unpaired) electrons. The Hall–Kier alpha value is -0.250. The Bertz CT molecular complexity index is 475. The Kier molecular flexibility index (Phi) is 3.24. The fourth-order valence-corrected chi connectivity index (χ4v) is 3.47. The van der Waals surface area contributed by atoms with Gasteiger partial charge in [-0.15, -0.1) is 11.3 Å². The van der Waals surface area contributed by atoms with Crippen molar-refractivity contribution in [1.29, 1.82) is 0 Å². The van der Waals surface area contributed by atoms with E-state index in [-0.39, 0.29) is 4.83 Å². The smallest absolute Gasteiger partial charge is 0.105 e. The number of hydrogen-bond acceptors (Lipinski definition) is 2. The topological polar surface area (TPSA) is 13.1 Å². The van der Waals surface area contributed by atoms with Gasteiger partial charge in [-0.25, -0.2) is 0 Å². The molecule has 0 aliphatic carbocycles. The van der Waals surface area contributed by atoms with Crippen LogP contribution >= 0.6 is 38.9 Å². The van der Waals surface area contributed by atoms with Crippen LogP contribution in [0.5, 0.6) is 0 Å². The van der Waals surface area contributed by atoms with E-state index in [0.29, 0.717) is 0 Å². The number of aryl methyl sites for hydroxylation is 2. The van der Waals surface area contributed by atoms with Crippen LogP contribution in [0.4, 0.5) is 0 Å². The van der Waals surface area contributed by atoms with Crippen molar-refractivity contribution >= 4 is 38.9 Å². The molecule has 2 aromatic heterocycles. The molecule has 80 valence electrons. The molecule has 0 bridgehead atoms. The van der Waals surface area contributed by atoms with E-state index >= 15 is 0 Å². The molecule has 1 atom stereocenters. The van der Waals surface area contributed by atoms with E-state index in [1.54, 1.807) is 11.3 Å². The van der Waals surface area contributed by atoms with Gasteiger partial charge in [0.05, 0.1) is 9.16 Å². The van der Waals surface area contributed by atoms with E-state index in [2.05, 4.69) is 22.0 Å². The molecule has 15 heavy (non-hydrogen) atoms. The number of halogens is 2. The van der Waals surface area contributed by atoms with E-state index in [1.165, 1.54) is 10.4 Å². The molecule has 0 spiro atoms. The van der Waals surface area contributed by atoms with Crippen molar-refractivity contribution in [3.8, 4) is 0 Å². The van der Waals surface area contributed by atoms with Gasteiger partial charge in [-0.1, -0.05) is 27.5 Å². The van der Waals surface area contributed by atoms with Crippen molar-refractivity contribution in [2.45, 2.75) is 18.7 Å². The highest BCUT2D eigenvalue weighted by Gasteiger charge is 2.17. The maximum atomic E-state index is 5.91. The molecule has 2 aromatic rings. The molecule has 0 aliphatic rings. The Balaban J connectivity index is 2.35. The van der Waals surface area contributed by atoms with E-state index in [4.69, 9.17) is 16.0 Å². The first-order valence-corrected chi connectivity index (χ1v) is 6.65. The molecule has 2 rings (SSSR count). The number of alkyl halides is 1. The van der Waals surface area contributed by atoms with Gasteiger partial charge in [0.1, 0.15) is 11.5 Å². The summed E-state index contributed by atoms with van der Waals surface area (Å²) in [5.74, 6) is 1.90. The monoisotopic (exact) mass is 304 g/mol. The van der Waals surface area contributed by atoms with Gasteiger partial charge >= 0.3 is 0 Å². The standard InChI is InChI=1S/C11H10BrClOS/c1-6-5-8(7(2)14-6)11(12)9-3-4-10(13)15-9/h3-5,11H,1-2H3. The van der Waals surface area contributed by atoms with Crippen LogP contribution in [0.25, 0.3) is 0 Å². The quantitative estimate of drug-likeness (QED) is 0.704. The molecule has 0 amide bonds. The molecule has 0 saturated carbocycles. The van der Waals surface area contributed by atoms with E-state index in [1.807, 2.05) is 26.0 Å². The van der Waals surface area contributed by atoms with Crippen molar-refractivity contribution in [1.82, 2.24) is 0 Å². The van der Waals surface area contributed by atoms with Crippen LogP contribution in [0.3, 0.4) is 0 Å². The van der Waals surface area contributed by atoms with Crippen molar-refractivity contribution < 1.29 is 4.42 Å². The van der Waals surface area contributed by atoms with Crippen LogP contribution in [0.1, 0.15) is 26.8 Å². The maximum Gasteiger partial charge on any atom is 0.105 e. The number of hydrogen-bond donors (Lipinski definition) is 0. The van der Waals surface area contributed by atoms with Crippen molar-refractivity contribution in [2.75, 3.05) is 0 Å². The van der Waals surface area contributed by atoms with Crippen LogP contribution < -0.4 is 0 Å². The van der Waals surface area contributed by atoms with E-state index in [9.17, 15) is 0 Å². The summed E-state index contributed by atoms with van der Waals surface area (Å²) < 4.78 is 6.32. The molecule has 0 aliphatic heterocycles. The fraction of sp³-hybridized carbons (Fsp3) is 0.273. The summed E-state index contributed by atoms with van der Waals surface area (Å²) in [5.41, 5.74) is 1.17. The van der Waals surface area contributed by atoms with Crippen LogP contribution in [0, 0.1) is 13.8 Å². The second-order valence-corrected chi connectivity index (χ2v) is 6.04. The zero-order valence-corrected chi connectivity index (χ0v) is 11.5. The Morgan fingerprint density at radius 2 is 2.13 bits per heavy atom. The highest BCUT2D eigenvalue weighted by Crippen LogP contribution is 2.38. The third kappa shape index (κ3) is 2.30. The summed E-state index contributed by atoms with van der Waals surface area (Å²) in [6.45, 7) is 3.93. The maximum absolute atomic E-state index is 5.91. The molecule has 0 N–H and O–H groups in total. The summed E-state index contributed by atoms with van der Waals surface area (Å²) >= 11 is 11.2. The average Bonchev–Trinajstić information content (AvgIpc) is 2.71. The molecule has 2 heterocycles. The summed E-state index contributed by atoms with van der Waals surface area (Å²) in [6.07, 6.45) is 0. The van der Waals surface area contributed by atoms with Crippen LogP contribution in [0.2, 0.25) is 4.34 Å². The molecular formula is C11H10BrClOS. The largest absolute Gasteiger partial charge is 0.466 e. The summed E-state index contributed by atoms with van der Waals surface area (Å²) in [4.78, 5) is 1.37. The lowest BCUT2D eigenvalue weighted by Gasteiger charge is -2.05. The number of furan rings is 1. The van der Waals surface area contributed by atoms with Gasteiger partial charge in [-0.05, 0) is 32.0 Å². The number of rotatable bonds is 2. The highest BCUT2D eigenvalue weighted by molar-refractivity contribution is 9.09.